The van der Waals surface area contributed by atoms with E-state index in [9.17, 15) is 9.90 Å². The summed E-state index contributed by atoms with van der Waals surface area (Å²) in [7, 11) is 0. The average Bonchev–Trinajstić information content (AvgIpc) is 3.28. The lowest BCUT2D eigenvalue weighted by atomic mass is 9.96. The summed E-state index contributed by atoms with van der Waals surface area (Å²) in [5.41, 5.74) is 4.67. The molecule has 0 unspecified atom stereocenters. The number of rotatable bonds is 19. The third kappa shape index (κ3) is 12.2. The highest BCUT2D eigenvalue weighted by atomic mass is 16.8. The molecule has 0 bridgehead atoms. The number of carbonyl (C=O) groups is 1. The summed E-state index contributed by atoms with van der Waals surface area (Å²) in [6, 6.07) is 48.9. The lowest BCUT2D eigenvalue weighted by molar-refractivity contribution is -0.376. The molecule has 11 heteroatoms. The summed E-state index contributed by atoms with van der Waals surface area (Å²) >= 11 is 0. The second kappa shape index (κ2) is 22.2. The van der Waals surface area contributed by atoms with E-state index in [0.29, 0.717) is 0 Å². The molecule has 2 heterocycles. The number of aliphatic hydroxyl groups excluding tert-OH is 1. The molecule has 2 aliphatic heterocycles. The first-order valence-electron chi connectivity index (χ1n) is 20.5. The van der Waals surface area contributed by atoms with Crippen LogP contribution in [-0.2, 0) is 80.5 Å². The molecule has 5 aromatic carbocycles. The highest BCUT2D eigenvalue weighted by molar-refractivity contribution is 5.65. The second-order valence-corrected chi connectivity index (χ2v) is 15.0. The molecule has 0 saturated carbocycles. The van der Waals surface area contributed by atoms with Crippen LogP contribution in [0.1, 0.15) is 41.7 Å². The molecule has 0 aliphatic carbocycles. The van der Waals surface area contributed by atoms with Gasteiger partial charge in [0.1, 0.15) is 49.3 Å². The van der Waals surface area contributed by atoms with Gasteiger partial charge in [-0.15, -0.1) is 0 Å². The van der Waals surface area contributed by atoms with Crippen molar-refractivity contribution >= 4 is 5.97 Å². The van der Waals surface area contributed by atoms with Crippen molar-refractivity contribution in [2.75, 3.05) is 6.61 Å². The third-order valence-corrected chi connectivity index (χ3v) is 10.5. The first-order chi connectivity index (χ1) is 29.4. The Labute approximate surface area is 352 Å². The molecule has 7 rings (SSSR count). The smallest absolute Gasteiger partial charge is 0.302 e. The molecular weight excluding hydrogens is 765 g/mol. The predicted octanol–water partition coefficient (Wildman–Crippen LogP) is 7.32. The van der Waals surface area contributed by atoms with Gasteiger partial charge in [0.05, 0.1) is 39.1 Å². The van der Waals surface area contributed by atoms with Crippen molar-refractivity contribution in [3.63, 3.8) is 0 Å². The Bertz CT molecular complexity index is 1970. The van der Waals surface area contributed by atoms with Crippen LogP contribution in [0.2, 0.25) is 0 Å². The van der Waals surface area contributed by atoms with Crippen molar-refractivity contribution < 1.29 is 52.5 Å². The SMILES string of the molecule is CC(=O)OC[C@H]1O[C@H](O[C@@H]2[C@H](OCc3ccccc3)[C@@H](OCc3ccccc3)[C@H](C)O[C@H]2O)[C@H](OCc2ccccc2)[C@@H](OCc2ccccc2)[C@@H]1OCc1ccccc1. The number of aliphatic hydroxyl groups is 1. The van der Waals surface area contributed by atoms with Crippen LogP contribution in [0.4, 0.5) is 0 Å². The highest BCUT2D eigenvalue weighted by Crippen LogP contribution is 2.36. The van der Waals surface area contributed by atoms with Crippen LogP contribution in [0, 0.1) is 0 Å². The Hall–Kier alpha value is -4.79. The Morgan fingerprint density at radius 3 is 1.23 bits per heavy atom. The van der Waals surface area contributed by atoms with Gasteiger partial charge in [0.2, 0.25) is 0 Å². The molecule has 60 heavy (non-hydrogen) atoms. The number of benzene rings is 5. The molecule has 0 aromatic heterocycles. The monoisotopic (exact) mass is 818 g/mol. The van der Waals surface area contributed by atoms with E-state index in [1.165, 1.54) is 6.92 Å². The molecule has 10 atom stereocenters. The maximum absolute atomic E-state index is 12.3. The minimum atomic E-state index is -1.45. The number of hydrogen-bond acceptors (Lipinski definition) is 11. The summed E-state index contributed by atoms with van der Waals surface area (Å²) < 4.78 is 58.9. The molecule has 2 fully saturated rings. The van der Waals surface area contributed by atoms with Gasteiger partial charge in [0.25, 0.3) is 0 Å². The van der Waals surface area contributed by atoms with Gasteiger partial charge < -0.3 is 47.7 Å². The van der Waals surface area contributed by atoms with Crippen LogP contribution in [0.25, 0.3) is 0 Å². The van der Waals surface area contributed by atoms with Gasteiger partial charge in [-0.3, -0.25) is 4.79 Å². The minimum absolute atomic E-state index is 0.164. The van der Waals surface area contributed by atoms with E-state index in [4.69, 9.17) is 42.6 Å². The lowest BCUT2D eigenvalue weighted by Crippen LogP contribution is -2.65. The zero-order valence-electron chi connectivity index (χ0n) is 34.0. The van der Waals surface area contributed by atoms with E-state index in [-0.39, 0.29) is 39.6 Å². The number of ether oxygens (including phenoxy) is 9. The topological polar surface area (TPSA) is 120 Å². The van der Waals surface area contributed by atoms with Gasteiger partial charge in [-0.25, -0.2) is 0 Å². The van der Waals surface area contributed by atoms with E-state index >= 15 is 0 Å². The van der Waals surface area contributed by atoms with E-state index in [2.05, 4.69) is 0 Å². The summed E-state index contributed by atoms with van der Waals surface area (Å²) in [5.74, 6) is -0.486. The Morgan fingerprint density at radius 1 is 0.483 bits per heavy atom. The zero-order valence-corrected chi connectivity index (χ0v) is 34.0. The molecule has 0 radical (unpaired) electrons. The minimum Gasteiger partial charge on any atom is -0.463 e. The van der Waals surface area contributed by atoms with E-state index in [0.717, 1.165) is 27.8 Å². The van der Waals surface area contributed by atoms with Crippen LogP contribution in [-0.4, -0.2) is 79.1 Å². The van der Waals surface area contributed by atoms with Gasteiger partial charge in [-0.05, 0) is 34.7 Å². The van der Waals surface area contributed by atoms with Gasteiger partial charge in [-0.1, -0.05) is 152 Å². The van der Waals surface area contributed by atoms with E-state index in [1.54, 1.807) is 0 Å². The van der Waals surface area contributed by atoms with Crippen LogP contribution >= 0.6 is 0 Å². The standard InChI is InChI=1S/C49H54O11/c1-34-42(53-28-36-18-8-3-9-19-36)44(55-30-38-22-12-5-13-23-38)46(48(51)58-34)60-49-47(57-32-40-26-16-7-17-27-40)45(56-31-39-24-14-6-15-25-39)43(41(59-49)33-52-35(2)50)54-29-37-20-10-4-11-21-37/h3-27,34,41-49,51H,28-33H2,1-2H3/t34-,41+,42-,43+,44+,45-,46+,47+,48+,49+/m0/s1. The molecular formula is C49H54O11. The van der Waals surface area contributed by atoms with Gasteiger partial charge in [-0.2, -0.15) is 0 Å². The third-order valence-electron chi connectivity index (χ3n) is 10.5. The molecule has 5 aromatic rings. The van der Waals surface area contributed by atoms with Crippen LogP contribution in [0.5, 0.6) is 0 Å². The normalized spacial score (nSPS) is 26.6. The fraction of sp³-hybridized carbons (Fsp3) is 0.367. The Balaban J connectivity index is 1.24. The van der Waals surface area contributed by atoms with Crippen LogP contribution in [0.3, 0.4) is 0 Å². The quantitative estimate of drug-likeness (QED) is 0.0845. The van der Waals surface area contributed by atoms with Crippen molar-refractivity contribution in [1.29, 1.82) is 0 Å². The summed E-state index contributed by atoms with van der Waals surface area (Å²) in [6.45, 7) is 4.11. The van der Waals surface area contributed by atoms with Crippen LogP contribution in [0.15, 0.2) is 152 Å². The summed E-state index contributed by atoms with van der Waals surface area (Å²) in [5, 5.41) is 11.8. The molecule has 11 nitrogen and oxygen atoms in total. The highest BCUT2D eigenvalue weighted by Gasteiger charge is 2.53. The van der Waals surface area contributed by atoms with Crippen molar-refractivity contribution in [3.8, 4) is 0 Å². The van der Waals surface area contributed by atoms with Crippen LogP contribution < -0.4 is 0 Å². The zero-order chi connectivity index (χ0) is 41.5. The van der Waals surface area contributed by atoms with Crippen molar-refractivity contribution in [2.24, 2.45) is 0 Å². The average molecular weight is 819 g/mol. The summed E-state index contributed by atoms with van der Waals surface area (Å²) in [4.78, 5) is 12.3. The first-order valence-corrected chi connectivity index (χ1v) is 20.5. The molecule has 0 amide bonds. The summed E-state index contributed by atoms with van der Waals surface area (Å²) in [6.07, 6.45) is -9.31. The van der Waals surface area contributed by atoms with E-state index in [1.807, 2.05) is 159 Å². The van der Waals surface area contributed by atoms with Gasteiger partial charge in [0, 0.05) is 6.92 Å². The van der Waals surface area contributed by atoms with Gasteiger partial charge >= 0.3 is 5.97 Å². The fourth-order valence-electron chi connectivity index (χ4n) is 7.43. The maximum Gasteiger partial charge on any atom is 0.302 e. The number of esters is 1. The molecule has 2 aliphatic rings. The first kappa shape index (κ1) is 43.3. The van der Waals surface area contributed by atoms with E-state index < -0.39 is 67.4 Å². The van der Waals surface area contributed by atoms with Crippen molar-refractivity contribution in [3.05, 3.63) is 179 Å². The fourth-order valence-corrected chi connectivity index (χ4v) is 7.43. The number of carbonyl (C=O) groups excluding carboxylic acids is 1. The lowest BCUT2D eigenvalue weighted by Gasteiger charge is -2.49. The molecule has 1 N–H and O–H groups in total. The second-order valence-electron chi connectivity index (χ2n) is 15.0. The largest absolute Gasteiger partial charge is 0.463 e. The Morgan fingerprint density at radius 2 is 0.833 bits per heavy atom. The maximum atomic E-state index is 12.3. The number of hydrogen-bond donors (Lipinski definition) is 1. The van der Waals surface area contributed by atoms with Crippen molar-refractivity contribution in [1.82, 2.24) is 0 Å². The predicted molar refractivity (Wildman–Crippen MR) is 222 cm³/mol. The van der Waals surface area contributed by atoms with Gasteiger partial charge in [0.15, 0.2) is 12.6 Å². The molecule has 316 valence electrons. The molecule has 0 spiro atoms. The van der Waals surface area contributed by atoms with Crippen molar-refractivity contribution in [2.45, 2.75) is 108 Å². The molecule has 2 saturated heterocycles. The Kier molecular flexibility index (Phi) is 16.0.